The second-order valence-electron chi connectivity index (χ2n) is 7.36. The number of fused-ring (bicyclic) bond motifs is 1. The zero-order valence-electron chi connectivity index (χ0n) is 16.3. The molecule has 1 saturated heterocycles. The van der Waals surface area contributed by atoms with E-state index in [0.717, 1.165) is 56.8 Å². The minimum atomic E-state index is 0.485. The van der Waals surface area contributed by atoms with E-state index >= 15 is 0 Å². The molecular weight excluding hydrogens is 342 g/mol. The van der Waals surface area contributed by atoms with Crippen LogP contribution in [0.3, 0.4) is 0 Å². The third-order valence-corrected chi connectivity index (χ3v) is 5.22. The van der Waals surface area contributed by atoms with Crippen LogP contribution in [-0.2, 0) is 13.0 Å². The van der Waals surface area contributed by atoms with Gasteiger partial charge in [0.2, 0.25) is 0 Å². The lowest BCUT2D eigenvalue weighted by atomic mass is 9.96. The molecule has 1 aliphatic heterocycles. The predicted octanol–water partition coefficient (Wildman–Crippen LogP) is 2.32. The summed E-state index contributed by atoms with van der Waals surface area (Å²) in [7, 11) is 4.21. The Hall–Kier alpha value is -2.48. The number of likely N-dealkylation sites (N-methyl/N-ethyl adjacent to an activating group) is 1. The number of aryl methyl sites for hydroxylation is 1. The van der Waals surface area contributed by atoms with Gasteiger partial charge in [-0.3, -0.25) is 0 Å². The van der Waals surface area contributed by atoms with E-state index in [4.69, 9.17) is 4.42 Å². The zero-order chi connectivity index (χ0) is 18.8. The standard InChI is InChI=1S/C19H27N7O/c1-4-15-23-16-18(21-13-22-19(16)27-15)25-8-5-14(6-9-25)17-20-7-10-26(17)12-11-24(2)3/h7,10,13-14H,4-6,8-9,11-12H2,1-3H3. The summed E-state index contributed by atoms with van der Waals surface area (Å²) in [5, 5.41) is 0. The van der Waals surface area contributed by atoms with Crippen molar-refractivity contribution in [2.75, 3.05) is 38.6 Å². The molecule has 4 rings (SSSR count). The van der Waals surface area contributed by atoms with Crippen LogP contribution in [0.15, 0.2) is 23.1 Å². The van der Waals surface area contributed by atoms with Gasteiger partial charge in [0.15, 0.2) is 17.2 Å². The Bertz CT molecular complexity index is 892. The first-order chi connectivity index (χ1) is 13.2. The van der Waals surface area contributed by atoms with Gasteiger partial charge in [-0.1, -0.05) is 6.92 Å². The Labute approximate surface area is 159 Å². The Morgan fingerprint density at radius 3 is 2.74 bits per heavy atom. The smallest absolute Gasteiger partial charge is 0.252 e. The molecule has 3 aromatic heterocycles. The molecule has 0 aliphatic carbocycles. The molecule has 0 radical (unpaired) electrons. The van der Waals surface area contributed by atoms with E-state index < -0.39 is 0 Å². The van der Waals surface area contributed by atoms with E-state index in [1.165, 1.54) is 5.82 Å². The normalized spacial score (nSPS) is 15.9. The van der Waals surface area contributed by atoms with Crippen LogP contribution in [0.4, 0.5) is 5.82 Å². The summed E-state index contributed by atoms with van der Waals surface area (Å²) in [6.45, 7) is 5.90. The van der Waals surface area contributed by atoms with Gasteiger partial charge >= 0.3 is 0 Å². The highest BCUT2D eigenvalue weighted by atomic mass is 16.4. The van der Waals surface area contributed by atoms with Gasteiger partial charge in [0, 0.05) is 50.9 Å². The Morgan fingerprint density at radius 2 is 2.00 bits per heavy atom. The quantitative estimate of drug-likeness (QED) is 0.660. The highest BCUT2D eigenvalue weighted by Gasteiger charge is 2.26. The second-order valence-corrected chi connectivity index (χ2v) is 7.36. The van der Waals surface area contributed by atoms with Crippen LogP contribution in [0, 0.1) is 0 Å². The molecule has 0 unspecified atom stereocenters. The van der Waals surface area contributed by atoms with Crippen molar-refractivity contribution in [3.63, 3.8) is 0 Å². The van der Waals surface area contributed by atoms with Crippen LogP contribution in [0.25, 0.3) is 11.2 Å². The third-order valence-electron chi connectivity index (χ3n) is 5.22. The van der Waals surface area contributed by atoms with Crippen molar-refractivity contribution in [1.29, 1.82) is 0 Å². The molecule has 3 aromatic rings. The topological polar surface area (TPSA) is 76.1 Å². The van der Waals surface area contributed by atoms with Crippen LogP contribution in [0.2, 0.25) is 0 Å². The van der Waals surface area contributed by atoms with Crippen LogP contribution < -0.4 is 4.90 Å². The summed E-state index contributed by atoms with van der Waals surface area (Å²) < 4.78 is 7.98. The van der Waals surface area contributed by atoms with Gasteiger partial charge in [-0.2, -0.15) is 4.98 Å². The van der Waals surface area contributed by atoms with E-state index in [1.54, 1.807) is 6.33 Å². The van der Waals surface area contributed by atoms with Gasteiger partial charge < -0.3 is 18.8 Å². The van der Waals surface area contributed by atoms with Crippen molar-refractivity contribution in [1.82, 2.24) is 29.4 Å². The predicted molar refractivity (Wildman–Crippen MR) is 104 cm³/mol. The number of nitrogens with zero attached hydrogens (tertiary/aromatic N) is 7. The number of hydrogen-bond donors (Lipinski definition) is 0. The van der Waals surface area contributed by atoms with Gasteiger partial charge in [-0.05, 0) is 26.9 Å². The van der Waals surface area contributed by atoms with Gasteiger partial charge in [0.1, 0.15) is 12.2 Å². The maximum Gasteiger partial charge on any atom is 0.252 e. The number of rotatable bonds is 6. The fraction of sp³-hybridized carbons (Fsp3) is 0.579. The van der Waals surface area contributed by atoms with Crippen LogP contribution in [0.5, 0.6) is 0 Å². The van der Waals surface area contributed by atoms with Gasteiger partial charge in [-0.25, -0.2) is 15.0 Å². The lowest BCUT2D eigenvalue weighted by molar-refractivity contribution is 0.372. The zero-order valence-corrected chi connectivity index (χ0v) is 16.3. The van der Waals surface area contributed by atoms with E-state index in [0.29, 0.717) is 17.5 Å². The SMILES string of the molecule is CCc1nc2c(N3CCC(c4nccn4CCN(C)C)CC3)ncnc2o1. The molecule has 8 heteroatoms. The summed E-state index contributed by atoms with van der Waals surface area (Å²) >= 11 is 0. The first-order valence-corrected chi connectivity index (χ1v) is 9.66. The second kappa shape index (κ2) is 7.64. The van der Waals surface area contributed by atoms with Crippen molar-refractivity contribution in [3.8, 4) is 0 Å². The highest BCUT2D eigenvalue weighted by molar-refractivity contribution is 5.81. The van der Waals surface area contributed by atoms with E-state index in [9.17, 15) is 0 Å². The maximum absolute atomic E-state index is 5.68. The minimum absolute atomic E-state index is 0.485. The lowest BCUT2D eigenvalue weighted by Crippen LogP contribution is -2.34. The molecule has 1 aliphatic rings. The van der Waals surface area contributed by atoms with E-state index in [-0.39, 0.29) is 0 Å². The summed E-state index contributed by atoms with van der Waals surface area (Å²) in [5.74, 6) is 3.29. The van der Waals surface area contributed by atoms with Crippen molar-refractivity contribution in [2.24, 2.45) is 0 Å². The molecule has 0 bridgehead atoms. The maximum atomic E-state index is 5.68. The number of oxazole rings is 1. The fourth-order valence-electron chi connectivity index (χ4n) is 3.70. The summed E-state index contributed by atoms with van der Waals surface area (Å²) in [6, 6.07) is 0. The first kappa shape index (κ1) is 17.9. The van der Waals surface area contributed by atoms with Gasteiger partial charge in [-0.15, -0.1) is 0 Å². The molecule has 0 atom stereocenters. The molecule has 27 heavy (non-hydrogen) atoms. The monoisotopic (exact) mass is 369 g/mol. The molecular formula is C19H27N7O. The molecule has 0 saturated carbocycles. The number of hydrogen-bond acceptors (Lipinski definition) is 7. The Kier molecular flexibility index (Phi) is 5.07. The molecule has 0 aromatic carbocycles. The van der Waals surface area contributed by atoms with Crippen molar-refractivity contribution < 1.29 is 4.42 Å². The number of aromatic nitrogens is 5. The summed E-state index contributed by atoms with van der Waals surface area (Å²) in [6.07, 6.45) is 8.47. The van der Waals surface area contributed by atoms with E-state index in [1.807, 2.05) is 13.1 Å². The van der Waals surface area contributed by atoms with Gasteiger partial charge in [0.25, 0.3) is 5.71 Å². The average molecular weight is 369 g/mol. The highest BCUT2D eigenvalue weighted by Crippen LogP contribution is 2.31. The average Bonchev–Trinajstić information content (AvgIpc) is 3.32. The molecule has 0 spiro atoms. The number of imidazole rings is 1. The van der Waals surface area contributed by atoms with E-state index in [2.05, 4.69) is 54.6 Å². The minimum Gasteiger partial charge on any atom is -0.422 e. The van der Waals surface area contributed by atoms with Crippen LogP contribution in [-0.4, -0.2) is 63.1 Å². The third kappa shape index (κ3) is 3.66. The molecule has 0 amide bonds. The largest absolute Gasteiger partial charge is 0.422 e. The van der Waals surface area contributed by atoms with Crippen molar-refractivity contribution in [3.05, 3.63) is 30.4 Å². The molecule has 144 valence electrons. The fourth-order valence-corrected chi connectivity index (χ4v) is 3.70. The number of anilines is 1. The molecule has 1 fully saturated rings. The van der Waals surface area contributed by atoms with Gasteiger partial charge in [0.05, 0.1) is 0 Å². The number of piperidine rings is 1. The molecule has 4 heterocycles. The van der Waals surface area contributed by atoms with Crippen molar-refractivity contribution >= 4 is 17.0 Å². The first-order valence-electron chi connectivity index (χ1n) is 9.66. The van der Waals surface area contributed by atoms with Crippen LogP contribution >= 0.6 is 0 Å². The Balaban J connectivity index is 1.47. The van der Waals surface area contributed by atoms with Crippen molar-refractivity contribution in [2.45, 2.75) is 38.6 Å². The Morgan fingerprint density at radius 1 is 1.19 bits per heavy atom. The molecule has 8 nitrogen and oxygen atoms in total. The lowest BCUT2D eigenvalue weighted by Gasteiger charge is -2.32. The van der Waals surface area contributed by atoms with Crippen LogP contribution in [0.1, 0.15) is 37.4 Å². The summed E-state index contributed by atoms with van der Waals surface area (Å²) in [5.41, 5.74) is 1.36. The summed E-state index contributed by atoms with van der Waals surface area (Å²) in [4.78, 5) is 22.5. The molecule has 0 N–H and O–H groups in total.